The van der Waals surface area contributed by atoms with Gasteiger partial charge in [-0.3, -0.25) is 4.79 Å². The average molecular weight is 297 g/mol. The van der Waals surface area contributed by atoms with Gasteiger partial charge in [-0.1, -0.05) is 0 Å². The number of fused-ring (bicyclic) bond motifs is 1. The van der Waals surface area contributed by atoms with Crippen molar-refractivity contribution >= 4 is 11.0 Å². The molecule has 21 heavy (non-hydrogen) atoms. The van der Waals surface area contributed by atoms with Crippen molar-refractivity contribution in [2.75, 3.05) is 13.7 Å². The second-order valence-electron chi connectivity index (χ2n) is 4.80. The van der Waals surface area contributed by atoms with E-state index in [1.165, 1.54) is 30.3 Å². The Kier molecular flexibility index (Phi) is 3.30. The lowest BCUT2D eigenvalue weighted by atomic mass is 10.1. The lowest BCUT2D eigenvalue weighted by molar-refractivity contribution is -0.264. The molecule has 0 aliphatic carbocycles. The van der Waals surface area contributed by atoms with Gasteiger partial charge < -0.3 is 34.3 Å². The van der Waals surface area contributed by atoms with Gasteiger partial charge in [0.05, 0.1) is 18.3 Å². The standard InChI is InChI=1S/C12H15N3O6/c1-20-12(19)8(17)7(4-16)21-11(12)15-3-2-6-9(15)13-5-14-10(6)18/h2-3,5,7-8,11,16-17,19H,4H2,1H3,(H,13,14,18)/t7-,8-,11?,12+/m1/s1. The van der Waals surface area contributed by atoms with Gasteiger partial charge in [0, 0.05) is 13.3 Å². The predicted octanol–water partition coefficient (Wildman–Crippen LogP) is -1.69. The summed E-state index contributed by atoms with van der Waals surface area (Å²) < 4.78 is 11.8. The SMILES string of the molecule is CO[C@]1(O)C(n2ccc3c(=O)[nH]cnc32)O[C@H](CO)[C@H]1O. The van der Waals surface area contributed by atoms with Crippen LogP contribution >= 0.6 is 0 Å². The maximum atomic E-state index is 11.7. The van der Waals surface area contributed by atoms with Crippen molar-refractivity contribution in [3.63, 3.8) is 0 Å². The van der Waals surface area contributed by atoms with Crippen LogP contribution in [-0.4, -0.2) is 61.6 Å². The van der Waals surface area contributed by atoms with Crippen LogP contribution in [0.1, 0.15) is 6.23 Å². The fourth-order valence-electron chi connectivity index (χ4n) is 2.55. The van der Waals surface area contributed by atoms with Crippen molar-refractivity contribution in [1.29, 1.82) is 0 Å². The molecule has 0 spiro atoms. The Morgan fingerprint density at radius 2 is 2.38 bits per heavy atom. The summed E-state index contributed by atoms with van der Waals surface area (Å²) in [4.78, 5) is 18.2. The number of aliphatic hydroxyl groups is 3. The van der Waals surface area contributed by atoms with Crippen LogP contribution in [0.25, 0.3) is 11.0 Å². The molecule has 1 fully saturated rings. The molecule has 4 atom stereocenters. The Hall–Kier alpha value is -1.78. The molecule has 9 heteroatoms. The van der Waals surface area contributed by atoms with Crippen LogP contribution in [0.5, 0.6) is 0 Å². The van der Waals surface area contributed by atoms with E-state index in [0.29, 0.717) is 5.39 Å². The third kappa shape index (κ3) is 1.90. The molecule has 0 radical (unpaired) electrons. The van der Waals surface area contributed by atoms with Crippen LogP contribution in [0, 0.1) is 0 Å². The fourth-order valence-corrected chi connectivity index (χ4v) is 2.55. The molecule has 1 saturated heterocycles. The van der Waals surface area contributed by atoms with E-state index in [1.54, 1.807) is 0 Å². The zero-order valence-corrected chi connectivity index (χ0v) is 11.1. The van der Waals surface area contributed by atoms with Crippen molar-refractivity contribution in [2.24, 2.45) is 0 Å². The highest BCUT2D eigenvalue weighted by Crippen LogP contribution is 2.40. The first-order chi connectivity index (χ1) is 10.0. The fraction of sp³-hybridized carbons (Fsp3) is 0.500. The first kappa shape index (κ1) is 14.2. The minimum atomic E-state index is -2.07. The second kappa shape index (κ2) is 4.90. The largest absolute Gasteiger partial charge is 0.394 e. The molecule has 1 aliphatic rings. The first-order valence-electron chi connectivity index (χ1n) is 6.29. The van der Waals surface area contributed by atoms with Gasteiger partial charge in [-0.25, -0.2) is 4.98 Å². The number of aliphatic hydroxyl groups excluding tert-OH is 2. The van der Waals surface area contributed by atoms with E-state index in [1.807, 2.05) is 0 Å². The molecule has 0 aromatic carbocycles. The highest BCUT2D eigenvalue weighted by Gasteiger charge is 2.57. The van der Waals surface area contributed by atoms with Crippen molar-refractivity contribution in [1.82, 2.24) is 14.5 Å². The predicted molar refractivity (Wildman–Crippen MR) is 69.3 cm³/mol. The van der Waals surface area contributed by atoms with Gasteiger partial charge in [0.25, 0.3) is 5.56 Å². The molecule has 9 nitrogen and oxygen atoms in total. The van der Waals surface area contributed by atoms with Gasteiger partial charge in [-0.15, -0.1) is 0 Å². The Morgan fingerprint density at radius 1 is 1.62 bits per heavy atom. The van der Waals surface area contributed by atoms with Crippen molar-refractivity contribution in [3.8, 4) is 0 Å². The molecule has 0 saturated carbocycles. The minimum Gasteiger partial charge on any atom is -0.394 e. The molecule has 2 aromatic heterocycles. The topological polar surface area (TPSA) is 130 Å². The van der Waals surface area contributed by atoms with Crippen molar-refractivity contribution < 1.29 is 24.8 Å². The molecule has 0 bridgehead atoms. The minimum absolute atomic E-state index is 0.269. The van der Waals surface area contributed by atoms with Crippen molar-refractivity contribution in [2.45, 2.75) is 24.2 Å². The smallest absolute Gasteiger partial charge is 0.260 e. The van der Waals surface area contributed by atoms with Crippen LogP contribution in [-0.2, 0) is 9.47 Å². The van der Waals surface area contributed by atoms with Gasteiger partial charge in [-0.05, 0) is 6.07 Å². The lowest BCUT2D eigenvalue weighted by Gasteiger charge is -2.30. The van der Waals surface area contributed by atoms with E-state index in [0.717, 1.165) is 0 Å². The number of aromatic nitrogens is 3. The summed E-state index contributed by atoms with van der Waals surface area (Å²) in [6.45, 7) is -0.490. The number of hydrogen-bond donors (Lipinski definition) is 4. The Bertz CT molecular complexity index is 712. The number of nitrogens with one attached hydrogen (secondary N) is 1. The van der Waals surface area contributed by atoms with Crippen LogP contribution in [0.4, 0.5) is 0 Å². The average Bonchev–Trinajstić information content (AvgIpc) is 3.01. The van der Waals surface area contributed by atoms with E-state index in [9.17, 15) is 20.1 Å². The van der Waals surface area contributed by atoms with E-state index in [2.05, 4.69) is 9.97 Å². The summed E-state index contributed by atoms with van der Waals surface area (Å²) in [5, 5.41) is 30.0. The molecular formula is C12H15N3O6. The number of nitrogens with zero attached hydrogens (tertiary/aromatic N) is 2. The molecular weight excluding hydrogens is 282 g/mol. The molecule has 3 heterocycles. The van der Waals surface area contributed by atoms with E-state index in [4.69, 9.17) is 9.47 Å². The number of H-pyrrole nitrogens is 1. The number of hydrogen-bond acceptors (Lipinski definition) is 7. The van der Waals surface area contributed by atoms with E-state index < -0.39 is 30.8 Å². The maximum absolute atomic E-state index is 11.7. The van der Waals surface area contributed by atoms with E-state index in [-0.39, 0.29) is 11.2 Å². The lowest BCUT2D eigenvalue weighted by Crippen LogP contribution is -2.48. The zero-order valence-electron chi connectivity index (χ0n) is 11.1. The van der Waals surface area contributed by atoms with Gasteiger partial charge >= 0.3 is 0 Å². The Morgan fingerprint density at radius 3 is 3.05 bits per heavy atom. The third-order valence-corrected chi connectivity index (χ3v) is 3.71. The van der Waals surface area contributed by atoms with Crippen LogP contribution in [0.15, 0.2) is 23.4 Å². The molecule has 3 rings (SSSR count). The maximum Gasteiger partial charge on any atom is 0.260 e. The van der Waals surface area contributed by atoms with Gasteiger partial charge in [0.1, 0.15) is 17.9 Å². The highest BCUT2D eigenvalue weighted by atomic mass is 16.7. The molecule has 4 N–H and O–H groups in total. The van der Waals surface area contributed by atoms with Crippen LogP contribution in [0.3, 0.4) is 0 Å². The monoisotopic (exact) mass is 297 g/mol. The number of ether oxygens (including phenoxy) is 2. The number of rotatable bonds is 3. The number of methoxy groups -OCH3 is 1. The quantitative estimate of drug-likeness (QED) is 0.497. The Balaban J connectivity index is 2.13. The van der Waals surface area contributed by atoms with E-state index >= 15 is 0 Å². The summed E-state index contributed by atoms with van der Waals surface area (Å²) in [7, 11) is 1.21. The summed E-state index contributed by atoms with van der Waals surface area (Å²) in [6, 6.07) is 1.51. The zero-order chi connectivity index (χ0) is 15.2. The normalized spacial score (nSPS) is 32.9. The van der Waals surface area contributed by atoms with Gasteiger partial charge in [0.2, 0.25) is 5.79 Å². The van der Waals surface area contributed by atoms with Crippen molar-refractivity contribution in [3.05, 3.63) is 28.9 Å². The molecule has 2 aromatic rings. The molecule has 1 aliphatic heterocycles. The highest BCUT2D eigenvalue weighted by molar-refractivity contribution is 5.74. The second-order valence-corrected chi connectivity index (χ2v) is 4.80. The molecule has 1 unspecified atom stereocenters. The van der Waals surface area contributed by atoms with Gasteiger partial charge in [-0.2, -0.15) is 0 Å². The number of aromatic amines is 1. The molecule has 0 amide bonds. The summed E-state index contributed by atoms with van der Waals surface area (Å²) in [5.74, 6) is -2.07. The Labute approximate surface area is 118 Å². The molecule has 114 valence electrons. The summed E-state index contributed by atoms with van der Waals surface area (Å²) in [6.07, 6.45) is -0.895. The summed E-state index contributed by atoms with van der Waals surface area (Å²) >= 11 is 0. The van der Waals surface area contributed by atoms with Gasteiger partial charge in [0.15, 0.2) is 6.23 Å². The van der Waals surface area contributed by atoms with Crippen LogP contribution < -0.4 is 5.56 Å². The third-order valence-electron chi connectivity index (χ3n) is 3.71. The first-order valence-corrected chi connectivity index (χ1v) is 6.29. The van der Waals surface area contributed by atoms with Crippen LogP contribution in [0.2, 0.25) is 0 Å². The summed E-state index contributed by atoms with van der Waals surface area (Å²) in [5.41, 5.74) is -0.0676.